The van der Waals surface area contributed by atoms with Crippen LogP contribution in [0.1, 0.15) is 19.0 Å². The van der Waals surface area contributed by atoms with Gasteiger partial charge in [-0.15, -0.1) is 35.3 Å². The van der Waals surface area contributed by atoms with Crippen LogP contribution in [0.25, 0.3) is 4.96 Å². The molecule has 0 radical (unpaired) electrons. The van der Waals surface area contributed by atoms with E-state index in [0.29, 0.717) is 25.6 Å². The molecular weight excluding hydrogens is 509 g/mol. The summed E-state index contributed by atoms with van der Waals surface area (Å²) in [6.07, 6.45) is 4.72. The van der Waals surface area contributed by atoms with Crippen molar-refractivity contribution in [3.8, 4) is 0 Å². The van der Waals surface area contributed by atoms with E-state index in [0.717, 1.165) is 23.6 Å². The fourth-order valence-electron chi connectivity index (χ4n) is 3.40. The lowest BCUT2D eigenvalue weighted by Crippen LogP contribution is -2.44. The average molecular weight is 532 g/mol. The summed E-state index contributed by atoms with van der Waals surface area (Å²) in [5, 5.41) is 8.59. The monoisotopic (exact) mass is 532 g/mol. The lowest BCUT2D eigenvalue weighted by atomic mass is 10.2. The van der Waals surface area contributed by atoms with Crippen LogP contribution in [0.3, 0.4) is 0 Å². The number of guanidine groups is 1. The van der Waals surface area contributed by atoms with Gasteiger partial charge in [-0.3, -0.25) is 4.40 Å². The van der Waals surface area contributed by atoms with E-state index in [9.17, 15) is 8.78 Å². The number of aromatic nitrogens is 2. The molecule has 3 aromatic rings. The van der Waals surface area contributed by atoms with Gasteiger partial charge in [0.25, 0.3) is 0 Å². The number of para-hydroxylation sites is 1. The standard InChI is InChI=1S/C19H22F2N6S.HI/c1-2-22-18(23-10-14-12-27-8-9-28-19(27)25-14)24-13-6-7-26(11-13)17-15(20)4-3-5-16(17)21;/h3-5,8-9,12-13H,2,6-7,10-11H2,1H3,(H2,22,23,24);1H. The van der Waals surface area contributed by atoms with Gasteiger partial charge in [-0.1, -0.05) is 6.07 Å². The first kappa shape index (κ1) is 21.8. The SMILES string of the molecule is CCNC(=NCc1cn2ccsc2n1)NC1CCN(c2c(F)cccc2F)C1.I. The highest BCUT2D eigenvalue weighted by atomic mass is 127. The van der Waals surface area contributed by atoms with Crippen LogP contribution in [0.5, 0.6) is 0 Å². The number of aliphatic imine (C=N–C) groups is 1. The molecule has 0 bridgehead atoms. The predicted molar refractivity (Wildman–Crippen MR) is 123 cm³/mol. The van der Waals surface area contributed by atoms with E-state index in [4.69, 9.17) is 0 Å². The third kappa shape index (κ3) is 4.97. The molecule has 2 N–H and O–H groups in total. The summed E-state index contributed by atoms with van der Waals surface area (Å²) in [6, 6.07) is 4.03. The van der Waals surface area contributed by atoms with Gasteiger partial charge < -0.3 is 15.5 Å². The third-order valence-corrected chi connectivity index (χ3v) is 5.44. The van der Waals surface area contributed by atoms with Crippen LogP contribution in [0.15, 0.2) is 41.0 Å². The van der Waals surface area contributed by atoms with E-state index in [2.05, 4.69) is 20.6 Å². The molecule has 2 aromatic heterocycles. The molecule has 1 aromatic carbocycles. The molecule has 6 nitrogen and oxygen atoms in total. The molecule has 0 saturated carbocycles. The topological polar surface area (TPSA) is 57.0 Å². The minimum absolute atomic E-state index is 0. The van der Waals surface area contributed by atoms with Crippen molar-refractivity contribution in [2.45, 2.75) is 25.9 Å². The van der Waals surface area contributed by atoms with Crippen LogP contribution in [-0.4, -0.2) is 41.0 Å². The van der Waals surface area contributed by atoms with Gasteiger partial charge >= 0.3 is 0 Å². The number of thiazole rings is 1. The van der Waals surface area contributed by atoms with Crippen molar-refractivity contribution >= 4 is 51.9 Å². The van der Waals surface area contributed by atoms with E-state index in [-0.39, 0.29) is 35.7 Å². The van der Waals surface area contributed by atoms with Crippen LogP contribution >= 0.6 is 35.3 Å². The number of fused-ring (bicyclic) bond motifs is 1. The Morgan fingerprint density at radius 3 is 2.86 bits per heavy atom. The van der Waals surface area contributed by atoms with Gasteiger partial charge in [-0.05, 0) is 25.5 Å². The van der Waals surface area contributed by atoms with E-state index in [1.165, 1.54) is 18.2 Å². The average Bonchev–Trinajstić information content (AvgIpc) is 3.36. The fourth-order valence-corrected chi connectivity index (χ4v) is 4.12. The number of hydrogen-bond acceptors (Lipinski definition) is 4. The predicted octanol–water partition coefficient (Wildman–Crippen LogP) is 3.63. The van der Waals surface area contributed by atoms with Crippen molar-refractivity contribution in [3.63, 3.8) is 0 Å². The summed E-state index contributed by atoms with van der Waals surface area (Å²) >= 11 is 1.58. The number of benzene rings is 1. The molecule has 156 valence electrons. The number of imidazole rings is 1. The summed E-state index contributed by atoms with van der Waals surface area (Å²) in [5.41, 5.74) is 0.942. The Balaban J connectivity index is 0.00000240. The second kappa shape index (κ2) is 9.70. The first-order valence-electron chi connectivity index (χ1n) is 9.29. The summed E-state index contributed by atoms with van der Waals surface area (Å²) < 4.78 is 30.1. The minimum atomic E-state index is -0.527. The second-order valence-electron chi connectivity index (χ2n) is 6.67. The fraction of sp³-hybridized carbons (Fsp3) is 0.368. The molecule has 1 fully saturated rings. The van der Waals surface area contributed by atoms with Gasteiger partial charge in [0.1, 0.15) is 17.3 Å². The zero-order valence-corrected chi connectivity index (χ0v) is 19.1. The van der Waals surface area contributed by atoms with Gasteiger partial charge in [0.2, 0.25) is 0 Å². The highest BCUT2D eigenvalue weighted by Crippen LogP contribution is 2.26. The Morgan fingerprint density at radius 1 is 1.34 bits per heavy atom. The molecule has 0 amide bonds. The molecular formula is C19H23F2IN6S. The van der Waals surface area contributed by atoms with Crippen molar-refractivity contribution in [3.05, 3.63) is 53.3 Å². The second-order valence-corrected chi connectivity index (χ2v) is 7.54. The van der Waals surface area contributed by atoms with E-state index in [1.54, 1.807) is 16.2 Å². The molecule has 1 aliphatic rings. The maximum atomic E-state index is 14.0. The van der Waals surface area contributed by atoms with Crippen LogP contribution in [0.2, 0.25) is 0 Å². The van der Waals surface area contributed by atoms with E-state index >= 15 is 0 Å². The number of anilines is 1. The Bertz CT molecular complexity index is 939. The zero-order chi connectivity index (χ0) is 19.5. The van der Waals surface area contributed by atoms with Gasteiger partial charge in [0, 0.05) is 43.4 Å². The number of halogens is 3. The molecule has 1 atom stereocenters. The number of nitrogens with zero attached hydrogens (tertiary/aromatic N) is 4. The lowest BCUT2D eigenvalue weighted by Gasteiger charge is -2.21. The van der Waals surface area contributed by atoms with Crippen molar-refractivity contribution in [2.75, 3.05) is 24.5 Å². The van der Waals surface area contributed by atoms with Crippen LogP contribution in [0.4, 0.5) is 14.5 Å². The van der Waals surface area contributed by atoms with Crippen molar-refractivity contribution in [2.24, 2.45) is 4.99 Å². The van der Waals surface area contributed by atoms with Gasteiger partial charge in [-0.25, -0.2) is 18.8 Å². The van der Waals surface area contributed by atoms with Crippen LogP contribution in [0, 0.1) is 11.6 Å². The number of hydrogen-bond donors (Lipinski definition) is 2. The Labute approximate surface area is 189 Å². The van der Waals surface area contributed by atoms with E-state index < -0.39 is 11.6 Å². The van der Waals surface area contributed by atoms with Crippen molar-refractivity contribution in [1.29, 1.82) is 0 Å². The highest BCUT2D eigenvalue weighted by Gasteiger charge is 2.27. The summed E-state index contributed by atoms with van der Waals surface area (Å²) in [4.78, 5) is 11.8. The molecule has 4 rings (SSSR count). The first-order chi connectivity index (χ1) is 13.6. The highest BCUT2D eigenvalue weighted by molar-refractivity contribution is 14.0. The smallest absolute Gasteiger partial charge is 0.193 e. The van der Waals surface area contributed by atoms with Gasteiger partial charge in [-0.2, -0.15) is 0 Å². The third-order valence-electron chi connectivity index (χ3n) is 4.67. The molecule has 0 aliphatic carbocycles. The molecule has 1 saturated heterocycles. The Morgan fingerprint density at radius 2 is 2.14 bits per heavy atom. The molecule has 1 unspecified atom stereocenters. The van der Waals surface area contributed by atoms with Crippen molar-refractivity contribution in [1.82, 2.24) is 20.0 Å². The maximum Gasteiger partial charge on any atom is 0.193 e. The summed E-state index contributed by atoms with van der Waals surface area (Å²) in [5.74, 6) is -0.373. The number of rotatable bonds is 5. The molecule has 29 heavy (non-hydrogen) atoms. The molecule has 1 aliphatic heterocycles. The minimum Gasteiger partial charge on any atom is -0.365 e. The largest absolute Gasteiger partial charge is 0.365 e. The quantitative estimate of drug-likeness (QED) is 0.300. The van der Waals surface area contributed by atoms with Crippen molar-refractivity contribution < 1.29 is 8.78 Å². The van der Waals surface area contributed by atoms with Crippen LogP contribution < -0.4 is 15.5 Å². The zero-order valence-electron chi connectivity index (χ0n) is 15.9. The lowest BCUT2D eigenvalue weighted by molar-refractivity contribution is 0.576. The summed E-state index contributed by atoms with van der Waals surface area (Å²) in [6.45, 7) is 4.29. The summed E-state index contributed by atoms with van der Waals surface area (Å²) in [7, 11) is 0. The van der Waals surface area contributed by atoms with E-state index in [1.807, 2.05) is 29.1 Å². The normalized spacial score (nSPS) is 16.9. The van der Waals surface area contributed by atoms with Crippen LogP contribution in [-0.2, 0) is 6.54 Å². The Hall–Kier alpha value is -1.95. The Kier molecular flexibility index (Phi) is 7.28. The number of nitrogens with one attached hydrogen (secondary N) is 2. The first-order valence-corrected chi connectivity index (χ1v) is 10.2. The maximum absolute atomic E-state index is 14.0. The molecule has 0 spiro atoms. The molecule has 3 heterocycles. The molecule has 10 heteroatoms. The van der Waals surface area contributed by atoms with Gasteiger partial charge in [0.15, 0.2) is 10.9 Å². The van der Waals surface area contributed by atoms with Gasteiger partial charge in [0.05, 0.1) is 12.2 Å².